The summed E-state index contributed by atoms with van der Waals surface area (Å²) in [4.78, 5) is 35.0. The number of amides is 3. The number of aliphatic hydroxyl groups is 1. The van der Waals surface area contributed by atoms with Gasteiger partial charge in [0.05, 0.1) is 25.9 Å². The second-order valence-corrected chi connectivity index (χ2v) is 8.03. The van der Waals surface area contributed by atoms with Gasteiger partial charge in [0.15, 0.2) is 12.0 Å². The molecule has 3 fully saturated rings. The molecule has 3 unspecified atom stereocenters. The molecule has 10 nitrogen and oxygen atoms in total. The summed E-state index contributed by atoms with van der Waals surface area (Å²) in [6.07, 6.45) is -0.449. The van der Waals surface area contributed by atoms with E-state index in [9.17, 15) is 14.7 Å². The van der Waals surface area contributed by atoms with E-state index in [2.05, 4.69) is 15.5 Å². The van der Waals surface area contributed by atoms with Crippen LogP contribution in [0.3, 0.4) is 0 Å². The van der Waals surface area contributed by atoms with E-state index in [0.717, 1.165) is 44.8 Å². The number of carbonyl (C=O) groups excluding carboxylic acids is 2. The van der Waals surface area contributed by atoms with Gasteiger partial charge < -0.3 is 25.0 Å². The Bertz CT molecular complexity index is 813. The van der Waals surface area contributed by atoms with Crippen molar-refractivity contribution in [1.29, 1.82) is 0 Å². The number of imide groups is 1. The molecule has 3 N–H and O–H groups in total. The number of nitrogens with zero attached hydrogens (tertiary/aromatic N) is 4. The van der Waals surface area contributed by atoms with E-state index in [1.54, 1.807) is 11.9 Å². The normalized spacial score (nSPS) is 26.6. The Kier molecular flexibility index (Phi) is 6.69. The summed E-state index contributed by atoms with van der Waals surface area (Å²) < 4.78 is 5.38. The van der Waals surface area contributed by atoms with Crippen LogP contribution < -0.4 is 10.6 Å². The summed E-state index contributed by atoms with van der Waals surface area (Å²) in [6, 6.07) is 8.21. The topological polar surface area (TPSA) is 110 Å². The average molecular weight is 431 g/mol. The number of ether oxygens (including phenoxy) is 1. The summed E-state index contributed by atoms with van der Waals surface area (Å²) in [5.74, 6) is 0.142. The van der Waals surface area contributed by atoms with Crippen LogP contribution in [0.4, 0.5) is 4.79 Å². The number of urea groups is 1. The maximum absolute atomic E-state index is 12.6. The van der Waals surface area contributed by atoms with Crippen molar-refractivity contribution in [2.24, 2.45) is 4.99 Å². The lowest BCUT2D eigenvalue weighted by molar-refractivity contribution is -0.127. The summed E-state index contributed by atoms with van der Waals surface area (Å²) >= 11 is 0. The van der Waals surface area contributed by atoms with E-state index in [1.807, 2.05) is 30.3 Å². The van der Waals surface area contributed by atoms with Crippen molar-refractivity contribution >= 4 is 17.9 Å². The Balaban J connectivity index is 1.47. The van der Waals surface area contributed by atoms with Gasteiger partial charge >= 0.3 is 6.03 Å². The van der Waals surface area contributed by atoms with Gasteiger partial charge in [0.1, 0.15) is 6.17 Å². The Morgan fingerprint density at radius 3 is 2.71 bits per heavy atom. The van der Waals surface area contributed by atoms with Gasteiger partial charge in [0, 0.05) is 33.2 Å². The highest BCUT2D eigenvalue weighted by Gasteiger charge is 2.50. The third-order valence-corrected chi connectivity index (χ3v) is 5.97. The monoisotopic (exact) mass is 430 g/mol. The van der Waals surface area contributed by atoms with Crippen LogP contribution >= 0.6 is 0 Å². The smallest absolute Gasteiger partial charge is 0.325 e. The zero-order chi connectivity index (χ0) is 21.8. The number of rotatable bonds is 7. The minimum atomic E-state index is -0.795. The van der Waals surface area contributed by atoms with Gasteiger partial charge in [-0.3, -0.25) is 20.0 Å². The molecule has 3 atom stereocenters. The Morgan fingerprint density at radius 1 is 1.23 bits per heavy atom. The number of fused-ring (bicyclic) bond motifs is 1. The van der Waals surface area contributed by atoms with Crippen LogP contribution in [0.1, 0.15) is 18.1 Å². The summed E-state index contributed by atoms with van der Waals surface area (Å²) in [5, 5.41) is 16.4. The summed E-state index contributed by atoms with van der Waals surface area (Å²) in [5.41, 5.74) is 0.762. The van der Waals surface area contributed by atoms with Crippen LogP contribution in [-0.4, -0.2) is 103 Å². The van der Waals surface area contributed by atoms with Gasteiger partial charge in [-0.1, -0.05) is 30.3 Å². The minimum Gasteiger partial charge on any atom is -0.387 e. The number of likely N-dealkylation sites (N-methyl/N-ethyl adjacent to an activating group) is 1. The first-order chi connectivity index (χ1) is 15.0. The number of aliphatic imine (C=N–C) groups is 1. The Hall–Kier alpha value is -2.69. The molecule has 1 aromatic rings. The predicted octanol–water partition coefficient (Wildman–Crippen LogP) is -0.420. The van der Waals surface area contributed by atoms with Gasteiger partial charge in [0.2, 0.25) is 0 Å². The van der Waals surface area contributed by atoms with Gasteiger partial charge in [-0.05, 0) is 12.0 Å². The summed E-state index contributed by atoms with van der Waals surface area (Å²) in [6.45, 7) is 5.09. The third kappa shape index (κ3) is 4.81. The zero-order valence-electron chi connectivity index (χ0n) is 17.7. The van der Waals surface area contributed by atoms with Crippen LogP contribution in [0.15, 0.2) is 35.3 Å². The molecule has 3 heterocycles. The summed E-state index contributed by atoms with van der Waals surface area (Å²) in [7, 11) is 1.64. The molecule has 10 heteroatoms. The van der Waals surface area contributed by atoms with Crippen LogP contribution in [-0.2, 0) is 9.53 Å². The number of hydrogen-bond donors (Lipinski definition) is 3. The molecule has 0 bridgehead atoms. The number of β-amino-alcohol motifs (C(OH)–C–C–N with tert-alkyl or cyclic N) is 1. The molecule has 0 aromatic heterocycles. The first kappa shape index (κ1) is 21.5. The van der Waals surface area contributed by atoms with Crippen molar-refractivity contribution in [1.82, 2.24) is 25.3 Å². The first-order valence-electron chi connectivity index (χ1n) is 10.7. The Labute approximate surface area is 181 Å². The highest BCUT2D eigenvalue weighted by molar-refractivity contribution is 6.04. The van der Waals surface area contributed by atoms with Crippen molar-refractivity contribution in [2.75, 3.05) is 53.0 Å². The molecule has 0 spiro atoms. The minimum absolute atomic E-state index is 0.190. The first-order valence-corrected chi connectivity index (χ1v) is 10.7. The standard InChI is InChI=1S/C21H30N6O4/c1-25-18-17(19(29)24-21(25)30)27(14-16(28)15-6-3-2-4-7-15)20(23-18)22-8-5-9-26-10-12-31-13-11-26/h2-4,6-7,16-18,28H,5,8-14H2,1H3,(H,22,23)(H,24,29,30). The van der Waals surface area contributed by atoms with Crippen molar-refractivity contribution in [3.8, 4) is 0 Å². The molecule has 3 aliphatic rings. The van der Waals surface area contributed by atoms with Crippen molar-refractivity contribution < 1.29 is 19.4 Å². The number of carbonyl (C=O) groups is 2. The highest BCUT2D eigenvalue weighted by Crippen LogP contribution is 2.24. The van der Waals surface area contributed by atoms with Crippen LogP contribution in [0, 0.1) is 0 Å². The molecule has 1 aromatic carbocycles. The van der Waals surface area contributed by atoms with Crippen LogP contribution in [0.5, 0.6) is 0 Å². The van der Waals surface area contributed by atoms with Crippen molar-refractivity contribution in [3.05, 3.63) is 35.9 Å². The van der Waals surface area contributed by atoms with Crippen molar-refractivity contribution in [3.63, 3.8) is 0 Å². The highest BCUT2D eigenvalue weighted by atomic mass is 16.5. The number of hydrogen-bond acceptors (Lipinski definition) is 6. The third-order valence-electron chi connectivity index (χ3n) is 5.97. The van der Waals surface area contributed by atoms with E-state index >= 15 is 0 Å². The predicted molar refractivity (Wildman–Crippen MR) is 114 cm³/mol. The fourth-order valence-electron chi connectivity index (χ4n) is 4.19. The molecule has 3 amide bonds. The van der Waals surface area contributed by atoms with Gasteiger partial charge in [-0.15, -0.1) is 0 Å². The van der Waals surface area contributed by atoms with Crippen LogP contribution in [0.2, 0.25) is 0 Å². The lowest BCUT2D eigenvalue weighted by Crippen LogP contribution is -2.65. The fourth-order valence-corrected chi connectivity index (χ4v) is 4.19. The second-order valence-electron chi connectivity index (χ2n) is 8.03. The number of morpholine rings is 1. The van der Waals surface area contributed by atoms with Gasteiger partial charge in [0.25, 0.3) is 5.91 Å². The molecular weight excluding hydrogens is 400 g/mol. The molecule has 31 heavy (non-hydrogen) atoms. The number of nitrogens with one attached hydrogen (secondary N) is 2. The number of guanidine groups is 1. The molecular formula is C21H30N6O4. The number of aliphatic hydroxyl groups excluding tert-OH is 1. The largest absolute Gasteiger partial charge is 0.387 e. The van der Waals surface area contributed by atoms with E-state index < -0.39 is 24.3 Å². The van der Waals surface area contributed by atoms with Crippen LogP contribution in [0.25, 0.3) is 0 Å². The molecule has 168 valence electrons. The second kappa shape index (κ2) is 9.63. The quantitative estimate of drug-likeness (QED) is 0.504. The fraction of sp³-hybridized carbons (Fsp3) is 0.571. The van der Waals surface area contributed by atoms with Gasteiger partial charge in [-0.25, -0.2) is 4.79 Å². The molecule has 0 saturated carbocycles. The van der Waals surface area contributed by atoms with Crippen molar-refractivity contribution in [2.45, 2.75) is 24.7 Å². The van der Waals surface area contributed by atoms with E-state index in [1.165, 1.54) is 4.90 Å². The lowest BCUT2D eigenvalue weighted by atomic mass is 10.1. The molecule has 4 rings (SSSR count). The maximum atomic E-state index is 12.6. The Morgan fingerprint density at radius 2 is 1.97 bits per heavy atom. The molecule has 3 aliphatic heterocycles. The lowest BCUT2D eigenvalue weighted by Gasteiger charge is -2.35. The number of benzene rings is 1. The van der Waals surface area contributed by atoms with E-state index in [-0.39, 0.29) is 12.5 Å². The SMILES string of the molecule is CN1C(=O)NC(=O)C2C1NC(=NCCCN1CCOCC1)N2CC(O)c1ccccc1. The molecule has 3 saturated heterocycles. The maximum Gasteiger partial charge on any atom is 0.325 e. The zero-order valence-corrected chi connectivity index (χ0v) is 17.7. The van der Waals surface area contributed by atoms with E-state index in [4.69, 9.17) is 9.73 Å². The molecule has 0 aliphatic carbocycles. The van der Waals surface area contributed by atoms with E-state index in [0.29, 0.717) is 12.5 Å². The van der Waals surface area contributed by atoms with Gasteiger partial charge in [-0.2, -0.15) is 0 Å². The molecule has 0 radical (unpaired) electrons. The average Bonchev–Trinajstić information content (AvgIpc) is 3.15.